The Hall–Kier alpha value is -1.60. The van der Waals surface area contributed by atoms with Gasteiger partial charge in [0.05, 0.1) is 17.6 Å². The summed E-state index contributed by atoms with van der Waals surface area (Å²) >= 11 is 0. The van der Waals surface area contributed by atoms with Crippen LogP contribution < -0.4 is 9.47 Å². The zero-order valence-corrected chi connectivity index (χ0v) is 12.8. The Morgan fingerprint density at radius 2 is 2.04 bits per heavy atom. The van der Waals surface area contributed by atoms with Crippen molar-refractivity contribution in [2.24, 2.45) is 0 Å². The van der Waals surface area contributed by atoms with E-state index < -0.39 is 17.7 Å². The molecule has 0 aromatic heterocycles. The van der Waals surface area contributed by atoms with Crippen molar-refractivity contribution in [3.05, 3.63) is 35.4 Å². The first kappa shape index (κ1) is 13.8. The highest BCUT2D eigenvalue weighted by Crippen LogP contribution is 2.56. The summed E-state index contributed by atoms with van der Waals surface area (Å²) in [7, 11) is 1.69. The SMILES string of the molecule is CO[C@H]1C=C[C@@]23c4cc5c(cc4C(O)N(C[C@H]2O)[C@H]3C1)OCO5. The van der Waals surface area contributed by atoms with Gasteiger partial charge in [0.1, 0.15) is 6.23 Å². The molecule has 1 aliphatic carbocycles. The zero-order chi connectivity index (χ0) is 15.8. The van der Waals surface area contributed by atoms with Crippen LogP contribution in [0.1, 0.15) is 23.8 Å². The second-order valence-electron chi connectivity index (χ2n) is 6.70. The highest BCUT2D eigenvalue weighted by atomic mass is 16.7. The molecule has 6 atom stereocenters. The lowest BCUT2D eigenvalue weighted by atomic mass is 9.65. The van der Waals surface area contributed by atoms with Crippen molar-refractivity contribution >= 4 is 0 Å². The summed E-state index contributed by atoms with van der Waals surface area (Å²) in [6, 6.07) is 3.79. The number of hydrogen-bond acceptors (Lipinski definition) is 6. The molecule has 0 spiro atoms. The van der Waals surface area contributed by atoms with E-state index in [0.717, 1.165) is 17.5 Å². The molecule has 23 heavy (non-hydrogen) atoms. The highest BCUT2D eigenvalue weighted by molar-refractivity contribution is 5.57. The molecule has 6 heteroatoms. The van der Waals surface area contributed by atoms with Gasteiger partial charge in [0.25, 0.3) is 0 Å². The van der Waals surface area contributed by atoms with E-state index in [4.69, 9.17) is 14.2 Å². The maximum Gasteiger partial charge on any atom is 0.231 e. The lowest BCUT2D eigenvalue weighted by Gasteiger charge is -2.48. The minimum absolute atomic E-state index is 0.00341. The van der Waals surface area contributed by atoms with Gasteiger partial charge in [0.2, 0.25) is 6.79 Å². The molecule has 1 aromatic carbocycles. The van der Waals surface area contributed by atoms with Gasteiger partial charge in [-0.25, -0.2) is 0 Å². The first-order valence-electron chi connectivity index (χ1n) is 7.93. The van der Waals surface area contributed by atoms with Crippen molar-refractivity contribution in [1.82, 2.24) is 4.90 Å². The standard InChI is InChI=1S/C17H19NO5/c1-21-9-2-3-17-11-6-13-12(22-8-23-13)5-10(11)16(20)18(7-15(17)19)14(17)4-9/h2-3,5-6,9,14-16,19-20H,4,7-8H2,1H3/t9-,14-,15+,16?,17-/m0/s1. The Morgan fingerprint density at radius 1 is 1.26 bits per heavy atom. The van der Waals surface area contributed by atoms with Gasteiger partial charge in [-0.05, 0) is 24.1 Å². The van der Waals surface area contributed by atoms with Gasteiger partial charge in [-0.3, -0.25) is 4.90 Å². The number of ether oxygens (including phenoxy) is 3. The van der Waals surface area contributed by atoms with Crippen molar-refractivity contribution in [2.75, 3.05) is 20.4 Å². The van der Waals surface area contributed by atoms with E-state index in [1.54, 1.807) is 7.11 Å². The van der Waals surface area contributed by atoms with Crippen LogP contribution in [0.25, 0.3) is 0 Å². The Labute approximate surface area is 133 Å². The number of fused-ring (bicyclic) bond motifs is 2. The smallest absolute Gasteiger partial charge is 0.231 e. The van der Waals surface area contributed by atoms with E-state index >= 15 is 0 Å². The summed E-state index contributed by atoms with van der Waals surface area (Å²) < 4.78 is 16.4. The predicted molar refractivity (Wildman–Crippen MR) is 80.3 cm³/mol. The summed E-state index contributed by atoms with van der Waals surface area (Å²) in [5, 5.41) is 21.7. The number of nitrogens with zero attached hydrogens (tertiary/aromatic N) is 1. The quantitative estimate of drug-likeness (QED) is 0.742. The average Bonchev–Trinajstić information content (AvgIpc) is 3.12. The highest BCUT2D eigenvalue weighted by Gasteiger charge is 2.61. The first-order valence-corrected chi connectivity index (χ1v) is 7.93. The molecule has 3 heterocycles. The van der Waals surface area contributed by atoms with E-state index in [1.165, 1.54) is 0 Å². The zero-order valence-electron chi connectivity index (χ0n) is 12.8. The molecule has 1 fully saturated rings. The lowest BCUT2D eigenvalue weighted by molar-refractivity contribution is -0.0399. The minimum Gasteiger partial charge on any atom is -0.454 e. The minimum atomic E-state index is -0.751. The number of hydrogen-bond donors (Lipinski definition) is 2. The molecule has 0 amide bonds. The Kier molecular flexibility index (Phi) is 2.69. The Balaban J connectivity index is 1.75. The molecule has 0 saturated carbocycles. The number of aliphatic hydroxyl groups excluding tert-OH is 2. The second kappa shape index (κ2) is 4.48. The molecule has 1 saturated heterocycles. The third kappa shape index (κ3) is 1.57. The molecule has 0 radical (unpaired) electrons. The van der Waals surface area contributed by atoms with E-state index in [2.05, 4.69) is 6.08 Å². The van der Waals surface area contributed by atoms with Gasteiger partial charge in [-0.2, -0.15) is 0 Å². The maximum atomic E-state index is 10.8. The summed E-state index contributed by atoms with van der Waals surface area (Å²) in [4.78, 5) is 1.98. The normalized spacial score (nSPS) is 42.5. The van der Waals surface area contributed by atoms with Crippen molar-refractivity contribution < 1.29 is 24.4 Å². The van der Waals surface area contributed by atoms with Crippen LogP contribution in [0.5, 0.6) is 11.5 Å². The predicted octanol–water partition coefficient (Wildman–Crippen LogP) is 0.678. The monoisotopic (exact) mass is 317 g/mol. The molecular formula is C17H19NO5. The van der Waals surface area contributed by atoms with Crippen molar-refractivity contribution in [1.29, 1.82) is 0 Å². The fourth-order valence-electron chi connectivity index (χ4n) is 4.71. The fourth-order valence-corrected chi connectivity index (χ4v) is 4.71. The number of rotatable bonds is 1. The molecule has 1 aromatic rings. The fraction of sp³-hybridized carbons (Fsp3) is 0.529. The molecular weight excluding hydrogens is 298 g/mol. The van der Waals surface area contributed by atoms with Gasteiger partial charge in [0, 0.05) is 25.3 Å². The third-order valence-electron chi connectivity index (χ3n) is 5.84. The van der Waals surface area contributed by atoms with Crippen LogP contribution in [-0.4, -0.2) is 53.8 Å². The molecule has 3 aliphatic heterocycles. The second-order valence-corrected chi connectivity index (χ2v) is 6.70. The van der Waals surface area contributed by atoms with Crippen LogP contribution in [0.15, 0.2) is 24.3 Å². The molecule has 5 rings (SSSR count). The van der Waals surface area contributed by atoms with E-state index in [-0.39, 0.29) is 18.9 Å². The summed E-state index contributed by atoms with van der Waals surface area (Å²) in [5.74, 6) is 1.33. The van der Waals surface area contributed by atoms with Gasteiger partial charge in [-0.1, -0.05) is 12.2 Å². The van der Waals surface area contributed by atoms with Gasteiger partial charge in [0.15, 0.2) is 11.5 Å². The van der Waals surface area contributed by atoms with Crippen LogP contribution in [0.3, 0.4) is 0 Å². The van der Waals surface area contributed by atoms with Crippen molar-refractivity contribution in [3.8, 4) is 11.5 Å². The molecule has 2 unspecified atom stereocenters. The Bertz CT molecular complexity index is 704. The Morgan fingerprint density at radius 3 is 2.83 bits per heavy atom. The molecule has 4 aliphatic rings. The van der Waals surface area contributed by atoms with Crippen LogP contribution in [0, 0.1) is 0 Å². The first-order chi connectivity index (χ1) is 11.1. The van der Waals surface area contributed by atoms with Gasteiger partial charge >= 0.3 is 0 Å². The van der Waals surface area contributed by atoms with Crippen LogP contribution in [-0.2, 0) is 10.2 Å². The summed E-state index contributed by atoms with van der Waals surface area (Å²) in [6.07, 6.45) is 3.51. The average molecular weight is 317 g/mol. The summed E-state index contributed by atoms with van der Waals surface area (Å²) in [5.41, 5.74) is 1.21. The topological polar surface area (TPSA) is 71.4 Å². The van der Waals surface area contributed by atoms with Crippen LogP contribution in [0.2, 0.25) is 0 Å². The molecule has 6 nitrogen and oxygen atoms in total. The number of methoxy groups -OCH3 is 1. The molecule has 2 N–H and O–H groups in total. The number of benzene rings is 1. The van der Waals surface area contributed by atoms with E-state index in [0.29, 0.717) is 18.0 Å². The third-order valence-corrected chi connectivity index (χ3v) is 5.84. The van der Waals surface area contributed by atoms with E-state index in [9.17, 15) is 10.2 Å². The maximum absolute atomic E-state index is 10.8. The molecule has 2 bridgehead atoms. The lowest BCUT2D eigenvalue weighted by Crippen LogP contribution is -2.53. The van der Waals surface area contributed by atoms with Crippen LogP contribution in [0.4, 0.5) is 0 Å². The van der Waals surface area contributed by atoms with E-state index in [1.807, 2.05) is 23.1 Å². The van der Waals surface area contributed by atoms with Crippen molar-refractivity contribution in [2.45, 2.75) is 36.3 Å². The van der Waals surface area contributed by atoms with Crippen molar-refractivity contribution in [3.63, 3.8) is 0 Å². The number of aliphatic hydroxyl groups is 2. The van der Waals surface area contributed by atoms with Gasteiger partial charge < -0.3 is 24.4 Å². The summed E-state index contributed by atoms with van der Waals surface area (Å²) in [6.45, 7) is 0.631. The largest absolute Gasteiger partial charge is 0.454 e. The molecule has 122 valence electrons. The van der Waals surface area contributed by atoms with Crippen LogP contribution >= 0.6 is 0 Å². The van der Waals surface area contributed by atoms with Gasteiger partial charge in [-0.15, -0.1) is 0 Å².